The van der Waals surface area contributed by atoms with Gasteiger partial charge in [0.25, 0.3) is 5.69 Å². The van der Waals surface area contributed by atoms with Gasteiger partial charge in [0.05, 0.1) is 29.8 Å². The Morgan fingerprint density at radius 2 is 1.96 bits per heavy atom. The Morgan fingerprint density at radius 1 is 1.23 bits per heavy atom. The smallest absolute Gasteiger partial charge is 0.270 e. The van der Waals surface area contributed by atoms with E-state index in [0.717, 1.165) is 50.8 Å². The number of ether oxygens (including phenoxy) is 2. The number of aliphatic hydroxyl groups is 1. The highest BCUT2D eigenvalue weighted by Crippen LogP contribution is 2.46. The Labute approximate surface area is 152 Å². The van der Waals surface area contributed by atoms with Crippen molar-refractivity contribution in [2.45, 2.75) is 43.7 Å². The average molecular weight is 360 g/mol. The van der Waals surface area contributed by atoms with E-state index in [9.17, 15) is 15.2 Å². The molecule has 1 aromatic carbocycles. The predicted octanol–water partition coefficient (Wildman–Crippen LogP) is 2.94. The molecule has 26 heavy (non-hydrogen) atoms. The maximum absolute atomic E-state index is 11.2. The van der Waals surface area contributed by atoms with Crippen molar-refractivity contribution in [3.8, 4) is 5.75 Å². The Kier molecular flexibility index (Phi) is 4.69. The second kappa shape index (κ2) is 6.98. The molecule has 1 aromatic rings. The van der Waals surface area contributed by atoms with Gasteiger partial charge < -0.3 is 14.6 Å². The van der Waals surface area contributed by atoms with E-state index in [-0.39, 0.29) is 16.7 Å². The zero-order valence-corrected chi connectivity index (χ0v) is 14.7. The molecular formula is C19H24N2O5. The van der Waals surface area contributed by atoms with Crippen LogP contribution in [-0.2, 0) is 4.74 Å². The molecule has 1 saturated carbocycles. The largest absolute Gasteiger partial charge is 0.460 e. The van der Waals surface area contributed by atoms with Crippen molar-refractivity contribution < 1.29 is 19.5 Å². The number of fused-ring (bicyclic) bond motifs is 1. The third-order valence-corrected chi connectivity index (χ3v) is 5.54. The SMILES string of the molecule is O=[N+]([O-])c1ccc2c(c1)C(N1CCOCC1)/C(=C\C1(O)CCCCC1)O2. The summed E-state index contributed by atoms with van der Waals surface area (Å²) in [6.45, 7) is 2.70. The molecule has 3 aliphatic rings. The summed E-state index contributed by atoms with van der Waals surface area (Å²) >= 11 is 0. The van der Waals surface area contributed by atoms with Crippen LogP contribution in [0, 0.1) is 10.1 Å². The van der Waals surface area contributed by atoms with Crippen molar-refractivity contribution in [1.82, 2.24) is 4.90 Å². The highest BCUT2D eigenvalue weighted by Gasteiger charge is 2.39. The molecular weight excluding hydrogens is 336 g/mol. The molecule has 2 fully saturated rings. The van der Waals surface area contributed by atoms with Crippen LogP contribution < -0.4 is 4.74 Å². The molecule has 0 spiro atoms. The van der Waals surface area contributed by atoms with Crippen molar-refractivity contribution in [3.63, 3.8) is 0 Å². The maximum atomic E-state index is 11.2. The number of benzene rings is 1. The molecule has 1 aliphatic carbocycles. The molecule has 0 aromatic heterocycles. The van der Waals surface area contributed by atoms with Crippen molar-refractivity contribution in [3.05, 3.63) is 45.7 Å². The lowest BCUT2D eigenvalue weighted by Gasteiger charge is -2.34. The van der Waals surface area contributed by atoms with Gasteiger partial charge in [-0.2, -0.15) is 0 Å². The molecule has 0 amide bonds. The number of nitro groups is 1. The Morgan fingerprint density at radius 3 is 2.65 bits per heavy atom. The molecule has 0 bridgehead atoms. The number of rotatable bonds is 3. The average Bonchev–Trinajstić information content (AvgIpc) is 2.99. The fraction of sp³-hybridized carbons (Fsp3) is 0.579. The van der Waals surface area contributed by atoms with Gasteiger partial charge in [0.2, 0.25) is 0 Å². The summed E-state index contributed by atoms with van der Waals surface area (Å²) in [4.78, 5) is 13.0. The standard InChI is InChI=1S/C19H24N2O5/c22-19(6-2-1-3-7-19)13-17-18(20-8-10-25-11-9-20)15-12-14(21(23)24)4-5-16(15)26-17/h4-5,12-13,18,22H,1-3,6-11H2/b17-13+. The molecule has 1 saturated heterocycles. The van der Waals surface area contributed by atoms with Gasteiger partial charge >= 0.3 is 0 Å². The number of non-ortho nitro benzene ring substituents is 1. The van der Waals surface area contributed by atoms with E-state index in [1.54, 1.807) is 12.1 Å². The molecule has 140 valence electrons. The van der Waals surface area contributed by atoms with Gasteiger partial charge in [0.1, 0.15) is 11.5 Å². The minimum Gasteiger partial charge on any atom is -0.460 e. The molecule has 7 heteroatoms. The van der Waals surface area contributed by atoms with E-state index in [0.29, 0.717) is 24.7 Å². The number of hydrogen-bond acceptors (Lipinski definition) is 6. The number of nitrogens with zero attached hydrogens (tertiary/aromatic N) is 2. The summed E-state index contributed by atoms with van der Waals surface area (Å²) in [5.41, 5.74) is 0.00142. The van der Waals surface area contributed by atoms with E-state index in [1.165, 1.54) is 6.07 Å². The minimum atomic E-state index is -0.855. The van der Waals surface area contributed by atoms with E-state index in [1.807, 2.05) is 6.08 Å². The van der Waals surface area contributed by atoms with Crippen LogP contribution in [0.4, 0.5) is 5.69 Å². The summed E-state index contributed by atoms with van der Waals surface area (Å²) in [5.74, 6) is 1.32. The Balaban J connectivity index is 1.72. The van der Waals surface area contributed by atoms with Crippen molar-refractivity contribution in [2.24, 2.45) is 0 Å². The van der Waals surface area contributed by atoms with Gasteiger partial charge in [-0.15, -0.1) is 0 Å². The first-order valence-electron chi connectivity index (χ1n) is 9.29. The zero-order chi connectivity index (χ0) is 18.1. The maximum Gasteiger partial charge on any atom is 0.270 e. The Hall–Kier alpha value is -1.96. The molecule has 1 unspecified atom stereocenters. The fourth-order valence-electron chi connectivity index (χ4n) is 4.19. The molecule has 4 rings (SSSR count). The summed E-state index contributed by atoms with van der Waals surface area (Å²) in [6.07, 6.45) is 6.46. The van der Waals surface area contributed by atoms with E-state index < -0.39 is 5.60 Å². The van der Waals surface area contributed by atoms with Crippen LogP contribution in [0.3, 0.4) is 0 Å². The number of morpholine rings is 1. The highest BCUT2D eigenvalue weighted by atomic mass is 16.6. The summed E-state index contributed by atoms with van der Waals surface area (Å²) < 4.78 is 11.5. The van der Waals surface area contributed by atoms with Crippen LogP contribution >= 0.6 is 0 Å². The normalized spacial score (nSPS) is 27.1. The van der Waals surface area contributed by atoms with Crippen molar-refractivity contribution >= 4 is 5.69 Å². The second-order valence-corrected chi connectivity index (χ2v) is 7.34. The van der Waals surface area contributed by atoms with Crippen LogP contribution in [0.2, 0.25) is 0 Å². The highest BCUT2D eigenvalue weighted by molar-refractivity contribution is 5.52. The molecule has 1 N–H and O–H groups in total. The van der Waals surface area contributed by atoms with Crippen LogP contribution in [0.15, 0.2) is 30.0 Å². The lowest BCUT2D eigenvalue weighted by molar-refractivity contribution is -0.384. The molecule has 7 nitrogen and oxygen atoms in total. The second-order valence-electron chi connectivity index (χ2n) is 7.34. The van der Waals surface area contributed by atoms with Crippen LogP contribution in [0.1, 0.15) is 43.7 Å². The molecule has 2 heterocycles. The van der Waals surface area contributed by atoms with Crippen LogP contribution in [-0.4, -0.2) is 46.8 Å². The summed E-state index contributed by atoms with van der Waals surface area (Å²) in [6, 6.07) is 4.52. The zero-order valence-electron chi connectivity index (χ0n) is 14.7. The number of nitro benzene ring substituents is 1. The monoisotopic (exact) mass is 360 g/mol. The fourth-order valence-corrected chi connectivity index (χ4v) is 4.19. The topological polar surface area (TPSA) is 85.1 Å². The van der Waals surface area contributed by atoms with E-state index in [2.05, 4.69) is 4.90 Å². The first kappa shape index (κ1) is 17.5. The van der Waals surface area contributed by atoms with Crippen molar-refractivity contribution in [2.75, 3.05) is 26.3 Å². The first-order valence-corrected chi connectivity index (χ1v) is 9.29. The molecule has 2 aliphatic heterocycles. The third kappa shape index (κ3) is 3.34. The van der Waals surface area contributed by atoms with Gasteiger partial charge in [-0.1, -0.05) is 19.3 Å². The Bertz CT molecular complexity index is 721. The quantitative estimate of drug-likeness (QED) is 0.659. The lowest BCUT2D eigenvalue weighted by atomic mass is 9.84. The van der Waals surface area contributed by atoms with Crippen LogP contribution in [0.5, 0.6) is 5.75 Å². The number of hydrogen-bond donors (Lipinski definition) is 1. The molecule has 1 atom stereocenters. The van der Waals surface area contributed by atoms with Gasteiger partial charge in [0.15, 0.2) is 0 Å². The summed E-state index contributed by atoms with van der Waals surface area (Å²) in [5, 5.41) is 22.2. The third-order valence-electron chi connectivity index (χ3n) is 5.54. The van der Waals surface area contributed by atoms with E-state index in [4.69, 9.17) is 9.47 Å². The van der Waals surface area contributed by atoms with Crippen molar-refractivity contribution in [1.29, 1.82) is 0 Å². The predicted molar refractivity (Wildman–Crippen MR) is 95.0 cm³/mol. The lowest BCUT2D eigenvalue weighted by Crippen LogP contribution is -2.40. The van der Waals surface area contributed by atoms with Gasteiger partial charge in [-0.05, 0) is 25.0 Å². The van der Waals surface area contributed by atoms with Crippen LogP contribution in [0.25, 0.3) is 0 Å². The van der Waals surface area contributed by atoms with Gasteiger partial charge in [-0.25, -0.2) is 0 Å². The van der Waals surface area contributed by atoms with Gasteiger partial charge in [0, 0.05) is 30.8 Å². The minimum absolute atomic E-state index is 0.0586. The van der Waals surface area contributed by atoms with Gasteiger partial charge in [-0.3, -0.25) is 15.0 Å². The molecule has 0 radical (unpaired) electrons. The first-order chi connectivity index (χ1) is 12.6. The van der Waals surface area contributed by atoms with E-state index >= 15 is 0 Å². The summed E-state index contributed by atoms with van der Waals surface area (Å²) in [7, 11) is 0.